The third kappa shape index (κ3) is 4.76. The first-order valence-corrected chi connectivity index (χ1v) is 15.1. The molecule has 0 bridgehead atoms. The summed E-state index contributed by atoms with van der Waals surface area (Å²) in [7, 11) is -2.32. The highest BCUT2D eigenvalue weighted by Crippen LogP contribution is 2.36. The van der Waals surface area contributed by atoms with Crippen LogP contribution in [0.3, 0.4) is 0 Å². The number of carbonyl (C=O) groups excluding carboxylic acids is 2. The zero-order valence-electron chi connectivity index (χ0n) is 21.7. The van der Waals surface area contributed by atoms with E-state index in [1.165, 1.54) is 40.3 Å². The molecule has 3 heterocycles. The Kier molecular flexibility index (Phi) is 6.86. The number of carbonyl (C=O) groups is 2. The normalized spacial score (nSPS) is 19.2. The molecule has 1 aliphatic carbocycles. The Morgan fingerprint density at radius 3 is 2.70 bits per heavy atom. The molecule has 4 N–H and O–H groups in total. The van der Waals surface area contributed by atoms with Crippen molar-refractivity contribution in [2.45, 2.75) is 49.3 Å². The predicted octanol–water partition coefficient (Wildman–Crippen LogP) is 1.59. The monoisotopic (exact) mass is 580 g/mol. The van der Waals surface area contributed by atoms with Crippen molar-refractivity contribution in [2.75, 3.05) is 13.6 Å². The van der Waals surface area contributed by atoms with Crippen LogP contribution in [0, 0.1) is 0 Å². The molecule has 6 rings (SSSR count). The van der Waals surface area contributed by atoms with E-state index < -0.39 is 15.9 Å². The van der Waals surface area contributed by atoms with Gasteiger partial charge in [-0.3, -0.25) is 14.3 Å². The average Bonchev–Trinajstić information content (AvgIpc) is 3.55. The van der Waals surface area contributed by atoms with Crippen LogP contribution in [-0.2, 0) is 29.5 Å². The lowest BCUT2D eigenvalue weighted by Crippen LogP contribution is -2.43. The fourth-order valence-electron chi connectivity index (χ4n) is 5.33. The van der Waals surface area contributed by atoms with Gasteiger partial charge in [0.05, 0.1) is 34.9 Å². The van der Waals surface area contributed by atoms with E-state index in [4.69, 9.17) is 10.8 Å². The standard InChI is InChI=1S/C26H28N8O4S2/c1-28-26(36)24-20-7-8-33(40(37,38)19-4-2-3-16(10-19)25(27)35)14-23(20)30-34(24)18-11-17(12-18)29-13-15-5-6-21-22(9-15)32-39-31-21/h2-6,9-10,17-18,29H,7-8,11-14H2,1H3,(H2,27,35)(H,28,36). The van der Waals surface area contributed by atoms with Crippen molar-refractivity contribution in [1.82, 2.24) is 33.5 Å². The van der Waals surface area contributed by atoms with Gasteiger partial charge in [-0.15, -0.1) is 0 Å². The molecule has 4 aromatic rings. The zero-order valence-corrected chi connectivity index (χ0v) is 23.3. The van der Waals surface area contributed by atoms with Crippen LogP contribution in [0.15, 0.2) is 47.4 Å². The summed E-state index contributed by atoms with van der Waals surface area (Å²) in [4.78, 5) is 24.5. The van der Waals surface area contributed by atoms with Crippen LogP contribution in [0.5, 0.6) is 0 Å². The van der Waals surface area contributed by atoms with E-state index in [9.17, 15) is 18.0 Å². The third-order valence-electron chi connectivity index (χ3n) is 7.60. The van der Waals surface area contributed by atoms with E-state index in [0.717, 1.165) is 35.0 Å². The molecule has 0 spiro atoms. The molecule has 2 aliphatic rings. The minimum atomic E-state index is -3.90. The summed E-state index contributed by atoms with van der Waals surface area (Å²) >= 11 is 1.20. The highest BCUT2D eigenvalue weighted by molar-refractivity contribution is 7.89. The second-order valence-electron chi connectivity index (χ2n) is 10.1. The maximum atomic E-state index is 13.4. The lowest BCUT2D eigenvalue weighted by atomic mass is 9.86. The fourth-order valence-corrected chi connectivity index (χ4v) is 7.30. The van der Waals surface area contributed by atoms with Gasteiger partial charge in [0.25, 0.3) is 5.91 Å². The average molecular weight is 581 g/mol. The minimum absolute atomic E-state index is 0.00342. The van der Waals surface area contributed by atoms with E-state index in [1.807, 2.05) is 18.2 Å². The van der Waals surface area contributed by atoms with Gasteiger partial charge in [-0.05, 0) is 55.2 Å². The molecule has 0 saturated heterocycles. The minimum Gasteiger partial charge on any atom is -0.366 e. The molecule has 12 nitrogen and oxygen atoms in total. The van der Waals surface area contributed by atoms with Crippen LogP contribution in [0.25, 0.3) is 11.0 Å². The van der Waals surface area contributed by atoms with Crippen molar-refractivity contribution in [1.29, 1.82) is 0 Å². The number of benzene rings is 2. The van der Waals surface area contributed by atoms with E-state index in [0.29, 0.717) is 24.4 Å². The van der Waals surface area contributed by atoms with Crippen LogP contribution in [0.4, 0.5) is 0 Å². The summed E-state index contributed by atoms with van der Waals surface area (Å²) in [6.07, 6.45) is 1.95. The number of nitrogens with zero attached hydrogens (tertiary/aromatic N) is 5. The maximum absolute atomic E-state index is 13.4. The molecular weight excluding hydrogens is 552 g/mol. The van der Waals surface area contributed by atoms with Gasteiger partial charge in [-0.25, -0.2) is 8.42 Å². The van der Waals surface area contributed by atoms with Gasteiger partial charge >= 0.3 is 0 Å². The number of sulfonamides is 1. The molecule has 208 valence electrons. The smallest absolute Gasteiger partial charge is 0.269 e. The fraction of sp³-hybridized carbons (Fsp3) is 0.346. The van der Waals surface area contributed by atoms with E-state index in [2.05, 4.69) is 19.4 Å². The van der Waals surface area contributed by atoms with Crippen LogP contribution >= 0.6 is 11.7 Å². The van der Waals surface area contributed by atoms with Gasteiger partial charge in [0.1, 0.15) is 16.7 Å². The second-order valence-corrected chi connectivity index (χ2v) is 12.5. The van der Waals surface area contributed by atoms with Gasteiger partial charge in [0, 0.05) is 37.3 Å². The van der Waals surface area contributed by atoms with Crippen LogP contribution in [0.1, 0.15) is 56.6 Å². The lowest BCUT2D eigenvalue weighted by Gasteiger charge is -2.37. The molecule has 1 saturated carbocycles. The number of hydrogen-bond acceptors (Lipinski definition) is 9. The Bertz CT molecular complexity index is 1730. The predicted molar refractivity (Wildman–Crippen MR) is 148 cm³/mol. The van der Waals surface area contributed by atoms with Gasteiger partial charge < -0.3 is 16.4 Å². The van der Waals surface area contributed by atoms with Crippen molar-refractivity contribution in [3.8, 4) is 0 Å². The van der Waals surface area contributed by atoms with Gasteiger partial charge in [0.15, 0.2) is 0 Å². The van der Waals surface area contributed by atoms with Crippen molar-refractivity contribution in [2.24, 2.45) is 5.73 Å². The number of aromatic nitrogens is 4. The first kappa shape index (κ1) is 26.5. The molecule has 0 atom stereocenters. The lowest BCUT2D eigenvalue weighted by molar-refractivity contribution is 0.0938. The molecule has 2 amide bonds. The summed E-state index contributed by atoms with van der Waals surface area (Å²) in [6, 6.07) is 12.1. The van der Waals surface area contributed by atoms with Crippen LogP contribution in [-0.4, -0.2) is 62.7 Å². The molecule has 1 aliphatic heterocycles. The Labute approximate surface area is 234 Å². The molecular formula is C26H28N8O4S2. The third-order valence-corrected chi connectivity index (χ3v) is 10.00. The number of nitrogens with two attached hydrogens (primary N) is 1. The zero-order chi connectivity index (χ0) is 28.0. The van der Waals surface area contributed by atoms with Crippen LogP contribution in [0.2, 0.25) is 0 Å². The molecule has 2 aromatic heterocycles. The highest BCUT2D eigenvalue weighted by atomic mass is 32.2. The Balaban J connectivity index is 1.17. The summed E-state index contributed by atoms with van der Waals surface area (Å²) in [5.74, 6) is -0.932. The van der Waals surface area contributed by atoms with Crippen LogP contribution < -0.4 is 16.4 Å². The Morgan fingerprint density at radius 1 is 1.12 bits per heavy atom. The topological polar surface area (TPSA) is 165 Å². The maximum Gasteiger partial charge on any atom is 0.269 e. The van der Waals surface area contributed by atoms with E-state index in [-0.39, 0.29) is 41.5 Å². The van der Waals surface area contributed by atoms with Crippen molar-refractivity contribution < 1.29 is 18.0 Å². The summed E-state index contributed by atoms with van der Waals surface area (Å²) in [5, 5.41) is 11.0. The summed E-state index contributed by atoms with van der Waals surface area (Å²) in [5.41, 5.74) is 10.2. The number of nitrogens with one attached hydrogen (secondary N) is 2. The van der Waals surface area contributed by atoms with E-state index >= 15 is 0 Å². The number of amides is 2. The first-order valence-electron chi connectivity index (χ1n) is 12.9. The molecule has 40 heavy (non-hydrogen) atoms. The quantitative estimate of drug-likeness (QED) is 0.283. The van der Waals surface area contributed by atoms with E-state index in [1.54, 1.807) is 11.7 Å². The largest absolute Gasteiger partial charge is 0.366 e. The van der Waals surface area contributed by atoms with Crippen molar-refractivity contribution >= 4 is 44.6 Å². The number of hydrogen-bond donors (Lipinski definition) is 3. The molecule has 14 heteroatoms. The molecule has 2 aromatic carbocycles. The number of rotatable bonds is 8. The molecule has 0 unspecified atom stereocenters. The first-order chi connectivity index (χ1) is 19.2. The Morgan fingerprint density at radius 2 is 1.93 bits per heavy atom. The highest BCUT2D eigenvalue weighted by Gasteiger charge is 2.38. The van der Waals surface area contributed by atoms with Gasteiger partial charge in [-0.2, -0.15) is 18.2 Å². The van der Waals surface area contributed by atoms with Crippen molar-refractivity contribution in [3.63, 3.8) is 0 Å². The van der Waals surface area contributed by atoms with Gasteiger partial charge in [-0.1, -0.05) is 12.1 Å². The number of primary amides is 1. The summed E-state index contributed by atoms with van der Waals surface area (Å²) in [6.45, 7) is 0.934. The van der Waals surface area contributed by atoms with Crippen molar-refractivity contribution in [3.05, 3.63) is 70.5 Å². The molecule has 0 radical (unpaired) electrons. The Hall–Kier alpha value is -3.72. The molecule has 1 fully saturated rings. The second kappa shape index (κ2) is 10.4. The summed E-state index contributed by atoms with van der Waals surface area (Å²) < 4.78 is 38.4. The SMILES string of the molecule is CNC(=O)c1c2c(nn1C1CC(NCc3ccc4nsnc4c3)C1)CN(S(=O)(=O)c1cccc(C(N)=O)c1)CC2. The van der Waals surface area contributed by atoms with Gasteiger partial charge in [0.2, 0.25) is 15.9 Å². The number of fused-ring (bicyclic) bond motifs is 2.